The van der Waals surface area contributed by atoms with Crippen molar-refractivity contribution in [1.29, 1.82) is 0 Å². The monoisotopic (exact) mass is 444 g/mol. The van der Waals surface area contributed by atoms with Gasteiger partial charge in [-0.3, -0.25) is 14.2 Å². The number of oxazole rings is 1. The van der Waals surface area contributed by atoms with E-state index in [1.165, 1.54) is 22.2 Å². The van der Waals surface area contributed by atoms with Crippen LogP contribution in [0.2, 0.25) is 0 Å². The summed E-state index contributed by atoms with van der Waals surface area (Å²) in [6, 6.07) is 13.4. The molecule has 7 nitrogen and oxygen atoms in total. The van der Waals surface area contributed by atoms with E-state index in [1.807, 2.05) is 36.6 Å². The SMILES string of the molecule is Cc1ccc(-c2csc3ncn(CCC(=O)Nc4ccc5oc(C)nc5c4)c(=O)c23)cc1. The van der Waals surface area contributed by atoms with Gasteiger partial charge in [-0.05, 0) is 30.7 Å². The number of carbonyl (C=O) groups is 1. The van der Waals surface area contributed by atoms with Crippen molar-refractivity contribution < 1.29 is 9.21 Å². The molecule has 0 aliphatic carbocycles. The molecule has 3 aromatic heterocycles. The van der Waals surface area contributed by atoms with Crippen LogP contribution < -0.4 is 10.9 Å². The number of nitrogens with zero attached hydrogens (tertiary/aromatic N) is 3. The molecule has 32 heavy (non-hydrogen) atoms. The molecule has 0 aliphatic heterocycles. The van der Waals surface area contributed by atoms with Gasteiger partial charge in [0.25, 0.3) is 5.56 Å². The van der Waals surface area contributed by atoms with E-state index in [0.717, 1.165) is 16.7 Å². The zero-order valence-electron chi connectivity index (χ0n) is 17.6. The standard InChI is InChI=1S/C24H20N4O3S/c1-14-3-5-16(6-4-14)18-12-32-23-22(18)24(30)28(13-25-23)10-9-21(29)27-17-7-8-20-19(11-17)26-15(2)31-20/h3-8,11-13H,9-10H2,1-2H3,(H,27,29). The van der Waals surface area contributed by atoms with Crippen molar-refractivity contribution in [3.63, 3.8) is 0 Å². The van der Waals surface area contributed by atoms with Gasteiger partial charge in [0.2, 0.25) is 5.91 Å². The highest BCUT2D eigenvalue weighted by Crippen LogP contribution is 2.30. The Bertz CT molecular complexity index is 1510. The summed E-state index contributed by atoms with van der Waals surface area (Å²) in [4.78, 5) is 35.0. The topological polar surface area (TPSA) is 90.0 Å². The van der Waals surface area contributed by atoms with E-state index in [2.05, 4.69) is 15.3 Å². The molecule has 3 heterocycles. The van der Waals surface area contributed by atoms with Crippen LogP contribution in [0.25, 0.3) is 32.4 Å². The second-order valence-corrected chi connectivity index (χ2v) is 8.51. The third-order valence-corrected chi connectivity index (χ3v) is 6.17. The van der Waals surface area contributed by atoms with Gasteiger partial charge in [-0.25, -0.2) is 9.97 Å². The van der Waals surface area contributed by atoms with Gasteiger partial charge in [-0.2, -0.15) is 0 Å². The van der Waals surface area contributed by atoms with Gasteiger partial charge < -0.3 is 9.73 Å². The molecule has 1 N–H and O–H groups in total. The van der Waals surface area contributed by atoms with Crippen LogP contribution in [0.1, 0.15) is 17.9 Å². The molecular weight excluding hydrogens is 424 g/mol. The fourth-order valence-electron chi connectivity index (χ4n) is 3.64. The lowest BCUT2D eigenvalue weighted by atomic mass is 10.1. The molecule has 0 aliphatic rings. The molecule has 0 unspecified atom stereocenters. The van der Waals surface area contributed by atoms with Crippen molar-refractivity contribution in [3.8, 4) is 11.1 Å². The van der Waals surface area contributed by atoms with Crippen LogP contribution in [-0.2, 0) is 11.3 Å². The smallest absolute Gasteiger partial charge is 0.262 e. The molecule has 0 saturated carbocycles. The maximum Gasteiger partial charge on any atom is 0.262 e. The Morgan fingerprint density at radius 3 is 2.78 bits per heavy atom. The molecular formula is C24H20N4O3S. The Kier molecular flexibility index (Phi) is 5.07. The Morgan fingerprint density at radius 1 is 1.16 bits per heavy atom. The minimum atomic E-state index is -0.194. The number of aromatic nitrogens is 3. The van der Waals surface area contributed by atoms with Crippen molar-refractivity contribution in [3.05, 3.63) is 76.0 Å². The summed E-state index contributed by atoms with van der Waals surface area (Å²) < 4.78 is 6.95. The maximum atomic E-state index is 13.1. The largest absolute Gasteiger partial charge is 0.441 e. The molecule has 0 saturated heterocycles. The zero-order valence-corrected chi connectivity index (χ0v) is 18.4. The number of hydrogen-bond acceptors (Lipinski definition) is 6. The molecule has 0 bridgehead atoms. The molecule has 0 fully saturated rings. The van der Waals surface area contributed by atoms with Gasteiger partial charge in [0, 0.05) is 36.5 Å². The van der Waals surface area contributed by atoms with Gasteiger partial charge in [-0.15, -0.1) is 11.3 Å². The first-order chi connectivity index (χ1) is 15.5. The van der Waals surface area contributed by atoms with Crippen LogP contribution >= 0.6 is 11.3 Å². The summed E-state index contributed by atoms with van der Waals surface area (Å²) in [5.74, 6) is 0.379. The lowest BCUT2D eigenvalue weighted by molar-refractivity contribution is -0.116. The Morgan fingerprint density at radius 2 is 1.97 bits per heavy atom. The summed E-state index contributed by atoms with van der Waals surface area (Å²) in [5.41, 5.74) is 4.87. The van der Waals surface area contributed by atoms with Crippen molar-refractivity contribution in [1.82, 2.24) is 14.5 Å². The summed E-state index contributed by atoms with van der Waals surface area (Å²) in [5, 5.41) is 5.41. The third-order valence-electron chi connectivity index (χ3n) is 5.28. The van der Waals surface area contributed by atoms with E-state index in [0.29, 0.717) is 32.9 Å². The average Bonchev–Trinajstić information content (AvgIpc) is 3.36. The van der Waals surface area contributed by atoms with Crippen molar-refractivity contribution >= 4 is 44.2 Å². The van der Waals surface area contributed by atoms with Gasteiger partial charge in [0.15, 0.2) is 11.5 Å². The second kappa shape index (κ2) is 8.05. The van der Waals surface area contributed by atoms with Gasteiger partial charge in [0.05, 0.1) is 11.7 Å². The first kappa shape index (κ1) is 20.1. The number of hydrogen-bond donors (Lipinski definition) is 1. The van der Waals surface area contributed by atoms with E-state index < -0.39 is 0 Å². The quantitative estimate of drug-likeness (QED) is 0.416. The lowest BCUT2D eigenvalue weighted by Crippen LogP contribution is -2.23. The molecule has 5 rings (SSSR count). The van der Waals surface area contributed by atoms with E-state index in [4.69, 9.17) is 4.42 Å². The molecule has 5 aromatic rings. The number of amides is 1. The molecule has 8 heteroatoms. The van der Waals surface area contributed by atoms with Crippen LogP contribution in [-0.4, -0.2) is 20.4 Å². The van der Waals surface area contributed by atoms with E-state index in [-0.39, 0.29) is 24.4 Å². The van der Waals surface area contributed by atoms with E-state index >= 15 is 0 Å². The van der Waals surface area contributed by atoms with Crippen LogP contribution in [0.3, 0.4) is 0 Å². The van der Waals surface area contributed by atoms with Gasteiger partial charge >= 0.3 is 0 Å². The number of rotatable bonds is 5. The Balaban J connectivity index is 1.35. The predicted molar refractivity (Wildman–Crippen MR) is 126 cm³/mol. The number of fused-ring (bicyclic) bond motifs is 2. The Hall–Kier alpha value is -3.78. The fourth-order valence-corrected chi connectivity index (χ4v) is 4.54. The molecule has 2 aromatic carbocycles. The highest BCUT2D eigenvalue weighted by atomic mass is 32.1. The van der Waals surface area contributed by atoms with Crippen molar-refractivity contribution in [2.75, 3.05) is 5.32 Å². The zero-order chi connectivity index (χ0) is 22.2. The summed E-state index contributed by atoms with van der Waals surface area (Å²) in [6.07, 6.45) is 1.66. The lowest BCUT2D eigenvalue weighted by Gasteiger charge is -2.08. The number of thiophene rings is 1. The molecule has 0 radical (unpaired) electrons. The minimum Gasteiger partial charge on any atom is -0.441 e. The summed E-state index contributed by atoms with van der Waals surface area (Å²) >= 11 is 1.45. The molecule has 160 valence electrons. The fraction of sp³-hybridized carbons (Fsp3) is 0.167. The number of anilines is 1. The summed E-state index contributed by atoms with van der Waals surface area (Å²) in [6.45, 7) is 4.04. The maximum absolute atomic E-state index is 13.1. The molecule has 0 atom stereocenters. The normalized spacial score (nSPS) is 11.3. The number of benzene rings is 2. The van der Waals surface area contributed by atoms with Crippen LogP contribution in [0, 0.1) is 13.8 Å². The first-order valence-corrected chi connectivity index (χ1v) is 11.1. The average molecular weight is 445 g/mol. The highest BCUT2D eigenvalue weighted by molar-refractivity contribution is 7.17. The van der Waals surface area contributed by atoms with Crippen LogP contribution in [0.15, 0.2) is 63.4 Å². The van der Waals surface area contributed by atoms with Gasteiger partial charge in [-0.1, -0.05) is 29.8 Å². The predicted octanol–water partition coefficient (Wildman–Crippen LogP) is 4.91. The molecule has 0 spiro atoms. The van der Waals surface area contributed by atoms with Crippen molar-refractivity contribution in [2.45, 2.75) is 26.8 Å². The Labute approximate surface area is 187 Å². The number of aryl methyl sites for hydroxylation is 3. The van der Waals surface area contributed by atoms with Gasteiger partial charge in [0.1, 0.15) is 10.3 Å². The van der Waals surface area contributed by atoms with Crippen molar-refractivity contribution in [2.24, 2.45) is 0 Å². The first-order valence-electron chi connectivity index (χ1n) is 10.2. The number of nitrogens with one attached hydrogen (secondary N) is 1. The van der Waals surface area contributed by atoms with Crippen LogP contribution in [0.4, 0.5) is 5.69 Å². The third kappa shape index (κ3) is 3.80. The molecule has 1 amide bonds. The number of carbonyl (C=O) groups excluding carboxylic acids is 1. The highest BCUT2D eigenvalue weighted by Gasteiger charge is 2.14. The van der Waals surface area contributed by atoms with Crippen LogP contribution in [0.5, 0.6) is 0 Å². The second-order valence-electron chi connectivity index (χ2n) is 7.65. The van der Waals surface area contributed by atoms with E-state index in [9.17, 15) is 9.59 Å². The van der Waals surface area contributed by atoms with E-state index in [1.54, 1.807) is 25.1 Å². The summed E-state index contributed by atoms with van der Waals surface area (Å²) in [7, 11) is 0. The minimum absolute atomic E-state index is 0.140.